The van der Waals surface area contributed by atoms with E-state index in [4.69, 9.17) is 15.2 Å². The molecule has 0 radical (unpaired) electrons. The standard InChI is InChI=1S/C19H26N4O4S.ClH/c1-26-15-8-12(9-17-18(24)22-19(25)28-17)14(10-16(15)27-2)23-7-4-13(11-23)21-6-3-5-20;/h8-10,13,21H,3-7,11,20H2,1-2H3,(H,22,24,25);1H/b17-9-;/t13-;/m1./s1. The molecule has 160 valence electrons. The van der Waals surface area contributed by atoms with Gasteiger partial charge in [-0.05, 0) is 49.8 Å². The van der Waals surface area contributed by atoms with Crippen molar-refractivity contribution in [2.75, 3.05) is 45.3 Å². The molecule has 1 aromatic carbocycles. The third-order valence-corrected chi connectivity index (χ3v) is 5.61. The molecule has 0 aliphatic carbocycles. The molecule has 8 nitrogen and oxygen atoms in total. The minimum Gasteiger partial charge on any atom is -0.493 e. The number of anilines is 1. The van der Waals surface area contributed by atoms with E-state index < -0.39 is 0 Å². The van der Waals surface area contributed by atoms with E-state index in [0.717, 1.165) is 55.5 Å². The number of nitrogens with two attached hydrogens (primary N) is 1. The first-order chi connectivity index (χ1) is 13.5. The smallest absolute Gasteiger partial charge is 0.290 e. The Balaban J connectivity index is 0.00000300. The number of ether oxygens (including phenoxy) is 2. The molecule has 0 bridgehead atoms. The van der Waals surface area contributed by atoms with Gasteiger partial charge in [-0.3, -0.25) is 14.9 Å². The molecule has 2 fully saturated rings. The zero-order valence-corrected chi connectivity index (χ0v) is 18.2. The van der Waals surface area contributed by atoms with Gasteiger partial charge in [0.1, 0.15) is 0 Å². The summed E-state index contributed by atoms with van der Waals surface area (Å²) in [6.45, 7) is 3.30. The molecule has 0 unspecified atom stereocenters. The van der Waals surface area contributed by atoms with Gasteiger partial charge in [-0.1, -0.05) is 0 Å². The van der Waals surface area contributed by atoms with Crippen LogP contribution in [-0.4, -0.2) is 57.6 Å². The van der Waals surface area contributed by atoms with Crippen LogP contribution in [0.4, 0.5) is 10.5 Å². The Hall–Kier alpha value is -1.94. The van der Waals surface area contributed by atoms with Crippen molar-refractivity contribution < 1.29 is 19.1 Å². The molecule has 10 heteroatoms. The van der Waals surface area contributed by atoms with E-state index in [1.54, 1.807) is 20.3 Å². The Bertz CT molecular complexity index is 790. The monoisotopic (exact) mass is 442 g/mol. The van der Waals surface area contributed by atoms with Crippen molar-refractivity contribution in [1.29, 1.82) is 0 Å². The lowest BCUT2D eigenvalue weighted by molar-refractivity contribution is -0.115. The number of halogens is 1. The van der Waals surface area contributed by atoms with E-state index >= 15 is 0 Å². The fraction of sp³-hybridized carbons (Fsp3) is 0.474. The van der Waals surface area contributed by atoms with Crippen LogP contribution in [0.15, 0.2) is 17.0 Å². The average Bonchev–Trinajstić information content (AvgIpc) is 3.27. The number of nitrogens with one attached hydrogen (secondary N) is 2. The summed E-state index contributed by atoms with van der Waals surface area (Å²) in [6, 6.07) is 4.14. The van der Waals surface area contributed by atoms with Crippen molar-refractivity contribution in [3.05, 3.63) is 22.6 Å². The SMILES string of the molecule is COc1cc(/C=C2\SC(=O)NC2=O)c(N2CC[C@@H](NCCCN)C2)cc1OC.Cl. The number of methoxy groups -OCH3 is 2. The summed E-state index contributed by atoms with van der Waals surface area (Å²) in [7, 11) is 3.17. The largest absolute Gasteiger partial charge is 0.493 e. The van der Waals surface area contributed by atoms with Crippen LogP contribution >= 0.6 is 24.2 Å². The third kappa shape index (κ3) is 5.57. The van der Waals surface area contributed by atoms with Crippen molar-refractivity contribution in [2.24, 2.45) is 5.73 Å². The van der Waals surface area contributed by atoms with Gasteiger partial charge >= 0.3 is 0 Å². The maximum atomic E-state index is 12.0. The molecule has 2 saturated heterocycles. The number of rotatable bonds is 8. The lowest BCUT2D eigenvalue weighted by atomic mass is 10.1. The van der Waals surface area contributed by atoms with E-state index in [1.807, 2.05) is 12.1 Å². The molecule has 1 atom stereocenters. The van der Waals surface area contributed by atoms with Gasteiger partial charge in [0.2, 0.25) is 0 Å². The number of carbonyl (C=O) groups is 2. The molecule has 3 rings (SSSR count). The van der Waals surface area contributed by atoms with Gasteiger partial charge < -0.3 is 25.4 Å². The summed E-state index contributed by atoms with van der Waals surface area (Å²) in [5.41, 5.74) is 7.33. The second-order valence-electron chi connectivity index (χ2n) is 6.65. The lowest BCUT2D eigenvalue weighted by Gasteiger charge is -2.23. The Labute approximate surface area is 181 Å². The number of thioether (sulfide) groups is 1. The predicted octanol–water partition coefficient (Wildman–Crippen LogP) is 1.97. The number of imide groups is 1. The summed E-state index contributed by atoms with van der Waals surface area (Å²) in [5.74, 6) is 0.821. The Morgan fingerprint density at radius 3 is 2.66 bits per heavy atom. The van der Waals surface area contributed by atoms with Crippen LogP contribution in [0.5, 0.6) is 11.5 Å². The molecule has 2 aliphatic rings. The van der Waals surface area contributed by atoms with Gasteiger partial charge in [-0.25, -0.2) is 0 Å². The molecular formula is C19H27ClN4O4S. The first-order valence-electron chi connectivity index (χ1n) is 9.25. The van der Waals surface area contributed by atoms with Gasteiger partial charge in [-0.15, -0.1) is 12.4 Å². The highest BCUT2D eigenvalue weighted by atomic mass is 35.5. The summed E-state index contributed by atoms with van der Waals surface area (Å²) in [5, 5.41) is 5.47. The Morgan fingerprint density at radius 2 is 2.03 bits per heavy atom. The van der Waals surface area contributed by atoms with Crippen LogP contribution in [-0.2, 0) is 4.79 Å². The molecule has 0 saturated carbocycles. The zero-order valence-electron chi connectivity index (χ0n) is 16.5. The van der Waals surface area contributed by atoms with Crippen LogP contribution < -0.4 is 30.7 Å². The number of hydrogen-bond acceptors (Lipinski definition) is 8. The minimum atomic E-state index is -0.376. The molecule has 1 aromatic rings. The predicted molar refractivity (Wildman–Crippen MR) is 118 cm³/mol. The summed E-state index contributed by atoms with van der Waals surface area (Å²) in [6.07, 6.45) is 3.70. The lowest BCUT2D eigenvalue weighted by Crippen LogP contribution is -2.34. The Kier molecular flexibility index (Phi) is 8.63. The number of benzene rings is 1. The fourth-order valence-electron chi connectivity index (χ4n) is 3.39. The van der Waals surface area contributed by atoms with E-state index in [-0.39, 0.29) is 23.6 Å². The van der Waals surface area contributed by atoms with Crippen molar-refractivity contribution in [2.45, 2.75) is 18.9 Å². The minimum absolute atomic E-state index is 0. The topological polar surface area (TPSA) is 106 Å². The molecule has 29 heavy (non-hydrogen) atoms. The van der Waals surface area contributed by atoms with Crippen LogP contribution in [0.2, 0.25) is 0 Å². The third-order valence-electron chi connectivity index (χ3n) is 4.80. The molecule has 0 aromatic heterocycles. The molecular weight excluding hydrogens is 416 g/mol. The number of amides is 2. The summed E-state index contributed by atoms with van der Waals surface area (Å²) >= 11 is 0.904. The normalized spacial score (nSPS) is 20.0. The number of carbonyl (C=O) groups excluding carboxylic acids is 2. The molecule has 0 spiro atoms. The van der Waals surface area contributed by atoms with E-state index in [1.165, 1.54) is 0 Å². The highest BCUT2D eigenvalue weighted by molar-refractivity contribution is 8.18. The van der Waals surface area contributed by atoms with Crippen molar-refractivity contribution in [3.8, 4) is 11.5 Å². The van der Waals surface area contributed by atoms with E-state index in [2.05, 4.69) is 15.5 Å². The zero-order chi connectivity index (χ0) is 20.1. The van der Waals surface area contributed by atoms with E-state index in [0.29, 0.717) is 29.0 Å². The second-order valence-corrected chi connectivity index (χ2v) is 7.66. The Morgan fingerprint density at radius 1 is 1.31 bits per heavy atom. The fourth-order valence-corrected chi connectivity index (χ4v) is 4.06. The van der Waals surface area contributed by atoms with Crippen molar-refractivity contribution >= 4 is 47.1 Å². The quantitative estimate of drug-likeness (QED) is 0.414. The maximum Gasteiger partial charge on any atom is 0.290 e. The van der Waals surface area contributed by atoms with Crippen molar-refractivity contribution in [3.63, 3.8) is 0 Å². The van der Waals surface area contributed by atoms with Gasteiger partial charge in [0.25, 0.3) is 11.1 Å². The first-order valence-corrected chi connectivity index (χ1v) is 10.1. The average molecular weight is 443 g/mol. The van der Waals surface area contributed by atoms with Gasteiger partial charge in [-0.2, -0.15) is 0 Å². The second kappa shape index (κ2) is 10.7. The molecule has 2 amide bonds. The maximum absolute atomic E-state index is 12.0. The van der Waals surface area contributed by atoms with E-state index in [9.17, 15) is 9.59 Å². The van der Waals surface area contributed by atoms with Gasteiger partial charge in [0.15, 0.2) is 11.5 Å². The van der Waals surface area contributed by atoms with Gasteiger partial charge in [0, 0.05) is 36.4 Å². The highest BCUT2D eigenvalue weighted by Crippen LogP contribution is 2.39. The van der Waals surface area contributed by atoms with Crippen LogP contribution in [0.1, 0.15) is 18.4 Å². The highest BCUT2D eigenvalue weighted by Gasteiger charge is 2.28. The van der Waals surface area contributed by atoms with Crippen molar-refractivity contribution in [1.82, 2.24) is 10.6 Å². The molecule has 2 aliphatic heterocycles. The first kappa shape index (κ1) is 23.3. The number of hydrogen-bond donors (Lipinski definition) is 3. The van der Waals surface area contributed by atoms with Crippen LogP contribution in [0.3, 0.4) is 0 Å². The summed E-state index contributed by atoms with van der Waals surface area (Å²) in [4.78, 5) is 26.1. The van der Waals surface area contributed by atoms with Crippen LogP contribution in [0, 0.1) is 0 Å². The summed E-state index contributed by atoms with van der Waals surface area (Å²) < 4.78 is 10.9. The molecule has 4 N–H and O–H groups in total. The molecule has 2 heterocycles. The number of nitrogens with zero attached hydrogens (tertiary/aromatic N) is 1. The van der Waals surface area contributed by atoms with Crippen LogP contribution in [0.25, 0.3) is 6.08 Å². The van der Waals surface area contributed by atoms with Gasteiger partial charge in [0.05, 0.1) is 19.1 Å².